The number of aldehydes is 1. The Kier molecular flexibility index (Phi) is 12.1. The van der Waals surface area contributed by atoms with Crippen molar-refractivity contribution < 1.29 is 29.1 Å². The summed E-state index contributed by atoms with van der Waals surface area (Å²) in [7, 11) is 1.45. The number of nitrogens with one attached hydrogen (secondary N) is 3. The van der Waals surface area contributed by atoms with Crippen molar-refractivity contribution in [3.05, 3.63) is 12.2 Å². The maximum Gasteiger partial charge on any atom is 0.258 e. The van der Waals surface area contributed by atoms with E-state index >= 15 is 0 Å². The average molecular weight is 472 g/mol. The first kappa shape index (κ1) is 27.8. The third kappa shape index (κ3) is 8.69. The van der Waals surface area contributed by atoms with Crippen molar-refractivity contribution in [3.8, 4) is 0 Å². The van der Waals surface area contributed by atoms with Gasteiger partial charge in [-0.25, -0.2) is 0 Å². The predicted octanol–water partition coefficient (Wildman–Crippen LogP) is -2.09. The van der Waals surface area contributed by atoms with Crippen LogP contribution in [-0.2, 0) is 24.0 Å². The van der Waals surface area contributed by atoms with E-state index in [-0.39, 0.29) is 13.0 Å². The molecule has 1 heterocycles. The molecule has 0 aliphatic carbocycles. The average Bonchev–Trinajstić information content (AvgIpc) is 2.77. The van der Waals surface area contributed by atoms with Gasteiger partial charge in [0.25, 0.3) is 11.8 Å². The van der Waals surface area contributed by atoms with Gasteiger partial charge in [0.05, 0.1) is 18.2 Å². The van der Waals surface area contributed by atoms with Crippen LogP contribution in [0.3, 0.4) is 0 Å². The van der Waals surface area contributed by atoms with E-state index in [1.54, 1.807) is 12.2 Å². The van der Waals surface area contributed by atoms with Crippen molar-refractivity contribution in [2.75, 3.05) is 25.6 Å². The molecule has 0 saturated heterocycles. The first-order valence-corrected chi connectivity index (χ1v) is 11.7. The van der Waals surface area contributed by atoms with Crippen molar-refractivity contribution in [1.29, 1.82) is 0 Å². The molecule has 12 heteroatoms. The highest BCUT2D eigenvalue weighted by Crippen LogP contribution is 2.05. The largest absolute Gasteiger partial charge is 0.391 e. The standard InChI is InChI=1S/C20H33N5O6S/c1-12(27)15(21)17(29)16-20(31)25(2)9-6-4-5-7-14(28)23-18(19(30)24-16)22-13(11-26)8-10-32-3/h4,6,11-13,15-16,18,22,27H,5,7-10,21H2,1-3H3,(H,23,28)(H,24,30)/b6-4+/t12-,13+,15-,16-,18+/m0/s1. The molecule has 0 bridgehead atoms. The van der Waals surface area contributed by atoms with Crippen LogP contribution in [0.2, 0.25) is 0 Å². The second kappa shape index (κ2) is 14.0. The van der Waals surface area contributed by atoms with Crippen LogP contribution in [0.4, 0.5) is 0 Å². The van der Waals surface area contributed by atoms with Crippen molar-refractivity contribution in [3.63, 3.8) is 0 Å². The number of nitrogens with two attached hydrogens (primary N) is 1. The van der Waals surface area contributed by atoms with Crippen LogP contribution in [0.1, 0.15) is 26.2 Å². The van der Waals surface area contributed by atoms with Crippen LogP contribution in [-0.4, -0.2) is 95.8 Å². The normalized spacial score (nSPS) is 24.7. The fourth-order valence-electron chi connectivity index (χ4n) is 2.85. The highest BCUT2D eigenvalue weighted by Gasteiger charge is 2.37. The number of allylic oxidation sites excluding steroid dienone is 1. The Morgan fingerprint density at radius 2 is 2.06 bits per heavy atom. The van der Waals surface area contributed by atoms with Crippen molar-refractivity contribution >= 4 is 41.6 Å². The summed E-state index contributed by atoms with van der Waals surface area (Å²) in [6, 6.07) is -3.82. The smallest absolute Gasteiger partial charge is 0.258 e. The number of carbonyl (C=O) groups excluding carboxylic acids is 5. The third-order valence-electron chi connectivity index (χ3n) is 4.87. The molecule has 1 aliphatic heterocycles. The first-order chi connectivity index (χ1) is 15.1. The molecule has 0 spiro atoms. The zero-order chi connectivity index (χ0) is 24.3. The highest BCUT2D eigenvalue weighted by molar-refractivity contribution is 7.98. The summed E-state index contributed by atoms with van der Waals surface area (Å²) < 4.78 is 0. The van der Waals surface area contributed by atoms with Gasteiger partial charge in [-0.1, -0.05) is 12.2 Å². The van der Waals surface area contributed by atoms with Crippen molar-refractivity contribution in [2.45, 2.75) is 56.6 Å². The van der Waals surface area contributed by atoms with Gasteiger partial charge in [-0.05, 0) is 31.8 Å². The van der Waals surface area contributed by atoms with E-state index in [1.807, 2.05) is 6.26 Å². The summed E-state index contributed by atoms with van der Waals surface area (Å²) in [6.45, 7) is 1.44. The number of likely N-dealkylation sites (N-methyl/N-ethyl adjacent to an activating group) is 1. The zero-order valence-corrected chi connectivity index (χ0v) is 19.4. The Bertz CT molecular complexity index is 717. The van der Waals surface area contributed by atoms with E-state index in [9.17, 15) is 29.1 Å². The molecule has 0 aromatic heterocycles. The number of Topliss-reactive ketones (excluding diaryl/α,β-unsaturated/α-hetero) is 1. The van der Waals surface area contributed by atoms with Crippen LogP contribution in [0.25, 0.3) is 0 Å². The van der Waals surface area contributed by atoms with Crippen LogP contribution >= 0.6 is 11.8 Å². The summed E-state index contributed by atoms with van der Waals surface area (Å²) in [6.07, 6.45) is 4.14. The fraction of sp³-hybridized carbons (Fsp3) is 0.650. The molecule has 5 atom stereocenters. The minimum absolute atomic E-state index is 0.0887. The lowest BCUT2D eigenvalue weighted by Gasteiger charge is -2.28. The van der Waals surface area contributed by atoms with Gasteiger partial charge >= 0.3 is 0 Å². The van der Waals surface area contributed by atoms with Crippen molar-refractivity contribution in [1.82, 2.24) is 20.9 Å². The molecule has 0 saturated carbocycles. The number of hydrogen-bond donors (Lipinski definition) is 5. The third-order valence-corrected chi connectivity index (χ3v) is 5.52. The summed E-state index contributed by atoms with van der Waals surface area (Å²) in [5.74, 6) is -2.28. The Morgan fingerprint density at radius 1 is 1.38 bits per heavy atom. The Morgan fingerprint density at radius 3 is 2.66 bits per heavy atom. The Labute approximate surface area is 191 Å². The number of nitrogens with zero attached hydrogens (tertiary/aromatic N) is 1. The van der Waals surface area contributed by atoms with Crippen LogP contribution in [0.15, 0.2) is 12.2 Å². The van der Waals surface area contributed by atoms with Crippen LogP contribution < -0.4 is 21.7 Å². The van der Waals surface area contributed by atoms with Gasteiger partial charge in [0, 0.05) is 20.0 Å². The number of rotatable bonds is 9. The van der Waals surface area contributed by atoms with Crippen LogP contribution in [0.5, 0.6) is 0 Å². The maximum absolute atomic E-state index is 13.0. The molecule has 1 rings (SSSR count). The van der Waals surface area contributed by atoms with Gasteiger partial charge < -0.3 is 31.2 Å². The SMILES string of the molecule is CSCC[C@H](C=O)N[C@@H]1NC(=O)CC/C=C/CN(C)C(=O)[C@H](C(=O)[C@@H](N)[C@H](C)O)NC1=O. The molecule has 6 N–H and O–H groups in total. The molecule has 180 valence electrons. The maximum atomic E-state index is 13.0. The van der Waals surface area contributed by atoms with Gasteiger partial charge in [0.1, 0.15) is 6.29 Å². The lowest BCUT2D eigenvalue weighted by atomic mass is 10.0. The summed E-state index contributed by atoms with van der Waals surface area (Å²) in [4.78, 5) is 63.7. The Balaban J connectivity index is 3.24. The minimum Gasteiger partial charge on any atom is -0.391 e. The summed E-state index contributed by atoms with van der Waals surface area (Å²) in [5, 5.41) is 17.3. The van der Waals surface area contributed by atoms with Gasteiger partial charge in [-0.3, -0.25) is 24.5 Å². The monoisotopic (exact) mass is 471 g/mol. The number of aliphatic hydroxyl groups is 1. The van der Waals surface area contributed by atoms with Gasteiger partial charge in [0.2, 0.25) is 5.91 Å². The molecular weight excluding hydrogens is 438 g/mol. The quantitative estimate of drug-likeness (QED) is 0.144. The van der Waals surface area contributed by atoms with E-state index in [1.165, 1.54) is 30.6 Å². The Hall–Kier alpha value is -2.28. The number of thioether (sulfide) groups is 1. The van der Waals surface area contributed by atoms with Gasteiger partial charge in [-0.2, -0.15) is 11.8 Å². The number of aliphatic hydroxyl groups excluding tert-OH is 1. The van der Waals surface area contributed by atoms with Gasteiger partial charge in [0.15, 0.2) is 18.0 Å². The second-order valence-electron chi connectivity index (χ2n) is 7.53. The molecule has 0 unspecified atom stereocenters. The van der Waals surface area contributed by atoms with Crippen LogP contribution in [0, 0.1) is 0 Å². The highest BCUT2D eigenvalue weighted by atomic mass is 32.2. The summed E-state index contributed by atoms with van der Waals surface area (Å²) >= 11 is 1.51. The molecule has 0 aromatic carbocycles. The lowest BCUT2D eigenvalue weighted by Crippen LogP contribution is -2.64. The molecular formula is C20H33N5O6S. The first-order valence-electron chi connectivity index (χ1n) is 10.3. The molecule has 11 nitrogen and oxygen atoms in total. The molecule has 3 amide bonds. The molecule has 0 aromatic rings. The molecule has 32 heavy (non-hydrogen) atoms. The van der Waals surface area contributed by atoms with Crippen molar-refractivity contribution in [2.24, 2.45) is 5.73 Å². The number of amides is 3. The van der Waals surface area contributed by atoms with E-state index in [4.69, 9.17) is 5.73 Å². The molecule has 0 fully saturated rings. The number of carbonyl (C=O) groups is 5. The number of hydrogen-bond acceptors (Lipinski definition) is 9. The second-order valence-corrected chi connectivity index (χ2v) is 8.52. The van der Waals surface area contributed by atoms with E-state index < -0.39 is 53.9 Å². The number of ketones is 1. The minimum atomic E-state index is -1.67. The molecule has 0 radical (unpaired) electrons. The predicted molar refractivity (Wildman–Crippen MR) is 121 cm³/mol. The fourth-order valence-corrected chi connectivity index (χ4v) is 3.34. The molecule has 1 aliphatic rings. The van der Waals surface area contributed by atoms with E-state index in [0.29, 0.717) is 24.9 Å². The van der Waals surface area contributed by atoms with Gasteiger partial charge in [-0.15, -0.1) is 0 Å². The zero-order valence-electron chi connectivity index (χ0n) is 18.6. The van der Waals surface area contributed by atoms with E-state index in [2.05, 4.69) is 16.0 Å². The van der Waals surface area contributed by atoms with E-state index in [0.717, 1.165) is 0 Å². The topological polar surface area (TPSA) is 171 Å². The lowest BCUT2D eigenvalue weighted by molar-refractivity contribution is -0.142. The summed E-state index contributed by atoms with van der Waals surface area (Å²) in [5.41, 5.74) is 5.73.